The van der Waals surface area contributed by atoms with Crippen LogP contribution in [0.2, 0.25) is 0 Å². The smallest absolute Gasteiger partial charge is 0.135 e. The summed E-state index contributed by atoms with van der Waals surface area (Å²) < 4.78 is 37.5. The van der Waals surface area contributed by atoms with Gasteiger partial charge in [-0.15, -0.1) is 0 Å². The molecule has 0 heterocycles. The summed E-state index contributed by atoms with van der Waals surface area (Å²) in [6, 6.07) is 94.2. The summed E-state index contributed by atoms with van der Waals surface area (Å²) in [4.78, 5) is 0. The molecule has 0 spiro atoms. The molecule has 0 amide bonds. The van der Waals surface area contributed by atoms with Gasteiger partial charge in [-0.3, -0.25) is 0 Å². The van der Waals surface area contributed by atoms with Crippen LogP contribution in [0.25, 0.3) is 56.7 Å². The van der Waals surface area contributed by atoms with E-state index < -0.39 is 0 Å². The van der Waals surface area contributed by atoms with E-state index in [0.29, 0.717) is 11.8 Å². The normalized spacial score (nSPS) is 11.8. The van der Waals surface area contributed by atoms with E-state index in [1.54, 1.807) is 0 Å². The third-order valence-corrected chi connectivity index (χ3v) is 22.3. The lowest BCUT2D eigenvalue weighted by Gasteiger charge is -2.19. The Morgan fingerprint density at radius 2 is 0.475 bits per heavy atom. The highest BCUT2D eigenvalue weighted by Gasteiger charge is 2.21. The molecule has 0 bridgehead atoms. The molecular formula is C116H140O6. The van der Waals surface area contributed by atoms with Crippen molar-refractivity contribution >= 4 is 12.2 Å². The fourth-order valence-corrected chi connectivity index (χ4v) is 14.3. The first kappa shape index (κ1) is 94.8. The zero-order valence-electron chi connectivity index (χ0n) is 78.1. The van der Waals surface area contributed by atoms with Gasteiger partial charge in [-0.05, 0) is 272 Å². The Kier molecular flexibility index (Phi) is 34.7. The Hall–Kier alpha value is -11.1. The van der Waals surface area contributed by atoms with Crippen LogP contribution in [0.1, 0.15) is 272 Å². The Balaban J connectivity index is 0.000000185. The molecule has 12 aromatic carbocycles. The van der Waals surface area contributed by atoms with Crippen molar-refractivity contribution in [3.8, 4) is 102 Å². The second-order valence-corrected chi connectivity index (χ2v) is 36.9. The van der Waals surface area contributed by atoms with Gasteiger partial charge < -0.3 is 28.4 Å². The molecule has 0 atom stereocenters. The maximum Gasteiger partial charge on any atom is 0.135 e. The van der Waals surface area contributed by atoms with Crippen LogP contribution in [0, 0.1) is 0 Å². The molecular weight excluding hydrogens is 1490 g/mol. The minimum absolute atomic E-state index is 0.124. The molecule has 0 saturated carbocycles. The maximum absolute atomic E-state index is 6.37. The molecule has 0 fully saturated rings. The number of ether oxygens (including phenoxy) is 6. The van der Waals surface area contributed by atoms with Crippen molar-refractivity contribution in [3.05, 3.63) is 335 Å². The van der Waals surface area contributed by atoms with E-state index >= 15 is 0 Å². The van der Waals surface area contributed by atoms with E-state index in [0.717, 1.165) is 148 Å². The van der Waals surface area contributed by atoms with Gasteiger partial charge >= 0.3 is 0 Å². The lowest BCUT2D eigenvalue weighted by molar-refractivity contribution is 0.193. The summed E-state index contributed by atoms with van der Waals surface area (Å²) in [5.41, 5.74) is 22.5. The number of aryl methyl sites for hydroxylation is 2. The quantitative estimate of drug-likeness (QED) is 0.0487. The number of allylic oxidation sites excluding steroid dienone is 2. The third-order valence-electron chi connectivity index (χ3n) is 22.3. The van der Waals surface area contributed by atoms with Crippen molar-refractivity contribution < 1.29 is 28.4 Å². The van der Waals surface area contributed by atoms with Gasteiger partial charge in [0.2, 0.25) is 0 Å². The van der Waals surface area contributed by atoms with E-state index in [4.69, 9.17) is 28.4 Å². The van der Waals surface area contributed by atoms with Gasteiger partial charge in [0.25, 0.3) is 0 Å². The second kappa shape index (κ2) is 44.6. The molecule has 0 unspecified atom stereocenters. The highest BCUT2D eigenvalue weighted by molar-refractivity contribution is 5.73. The standard InChI is InChI=1S/C30H38O2.C30H36O2.C28H34O.C28H32O/c2*1-7-10-23-11-12-24(22-13-17-27(18-14-22)31-26(8-2)9-3)21-29(23)32-28-19-15-25(16-20-28)30(4,5)6;2*1-7-8-23-13-14-24(22-11-9-21(10-12-22)20(2)3)19-27(23)29-26-17-15-25(16-18-26)28(4,5)6/h11-21,26H,7-10H2,1-6H3;7,10-21,26H,8-9H2,1-6H3;9-20H,7-8H2,1-6H3;7-20H,1-6H3/b;10-7+;;8-7+. The van der Waals surface area contributed by atoms with Crippen LogP contribution in [0.4, 0.5) is 0 Å². The second-order valence-electron chi connectivity index (χ2n) is 36.9. The third kappa shape index (κ3) is 28.0. The summed E-state index contributed by atoms with van der Waals surface area (Å²) in [5.74, 6) is 10.0. The van der Waals surface area contributed by atoms with Crippen LogP contribution in [0.5, 0.6) is 57.5 Å². The highest BCUT2D eigenvalue weighted by Crippen LogP contribution is 2.40. The average Bonchev–Trinajstić information content (AvgIpc) is 0.826. The monoisotopic (exact) mass is 1630 g/mol. The molecule has 0 aliphatic carbocycles. The lowest BCUT2D eigenvalue weighted by atomic mass is 9.87. The van der Waals surface area contributed by atoms with Crippen LogP contribution >= 0.6 is 0 Å². The van der Waals surface area contributed by atoms with Gasteiger partial charge in [0.15, 0.2) is 0 Å². The predicted octanol–water partition coefficient (Wildman–Crippen LogP) is 35.1. The van der Waals surface area contributed by atoms with Crippen LogP contribution in [-0.2, 0) is 34.5 Å². The fourth-order valence-electron chi connectivity index (χ4n) is 14.3. The summed E-state index contributed by atoms with van der Waals surface area (Å²) in [6.07, 6.45) is 17.1. The minimum Gasteiger partial charge on any atom is -0.490 e. The van der Waals surface area contributed by atoms with E-state index in [1.807, 2.05) is 26.0 Å². The highest BCUT2D eigenvalue weighted by atomic mass is 16.5. The first-order valence-electron chi connectivity index (χ1n) is 44.9. The van der Waals surface area contributed by atoms with Crippen LogP contribution in [0.3, 0.4) is 0 Å². The molecule has 0 aromatic heterocycles. The number of hydrogen-bond donors (Lipinski definition) is 0. The summed E-state index contributed by atoms with van der Waals surface area (Å²) in [7, 11) is 0. The molecule has 0 saturated heterocycles. The molecule has 0 radical (unpaired) electrons. The van der Waals surface area contributed by atoms with Crippen molar-refractivity contribution in [3.63, 3.8) is 0 Å². The largest absolute Gasteiger partial charge is 0.490 e. The van der Waals surface area contributed by atoms with E-state index in [9.17, 15) is 0 Å². The van der Waals surface area contributed by atoms with Gasteiger partial charge in [0.1, 0.15) is 57.5 Å². The predicted molar refractivity (Wildman–Crippen MR) is 524 cm³/mol. The number of benzene rings is 12. The Morgan fingerprint density at radius 1 is 0.254 bits per heavy atom. The molecule has 0 aliphatic rings. The Labute approximate surface area is 735 Å². The van der Waals surface area contributed by atoms with E-state index in [1.165, 1.54) is 61.2 Å². The Bertz CT molecular complexity index is 5220. The molecule has 122 heavy (non-hydrogen) atoms. The van der Waals surface area contributed by atoms with Crippen molar-refractivity contribution in [2.75, 3.05) is 0 Å². The zero-order chi connectivity index (χ0) is 88.3. The van der Waals surface area contributed by atoms with Crippen molar-refractivity contribution in [1.82, 2.24) is 0 Å². The summed E-state index contributed by atoms with van der Waals surface area (Å²) >= 11 is 0. The summed E-state index contributed by atoms with van der Waals surface area (Å²) in [5, 5.41) is 0. The zero-order valence-corrected chi connectivity index (χ0v) is 78.1. The number of rotatable bonds is 28. The topological polar surface area (TPSA) is 55.4 Å². The number of hydrogen-bond acceptors (Lipinski definition) is 6. The Morgan fingerprint density at radius 3 is 0.705 bits per heavy atom. The van der Waals surface area contributed by atoms with Crippen molar-refractivity contribution in [2.45, 2.75) is 263 Å². The van der Waals surface area contributed by atoms with Gasteiger partial charge in [0, 0.05) is 11.1 Å². The lowest BCUT2D eigenvalue weighted by Crippen LogP contribution is -2.13. The van der Waals surface area contributed by atoms with Gasteiger partial charge in [-0.2, -0.15) is 0 Å². The van der Waals surface area contributed by atoms with E-state index in [-0.39, 0.29) is 33.9 Å². The minimum atomic E-state index is 0.124. The first-order valence-corrected chi connectivity index (χ1v) is 44.9. The van der Waals surface area contributed by atoms with Crippen molar-refractivity contribution in [1.29, 1.82) is 0 Å². The summed E-state index contributed by atoms with van der Waals surface area (Å²) in [6.45, 7) is 52.7. The molecule has 6 nitrogen and oxygen atoms in total. The molecule has 12 rings (SSSR count). The maximum atomic E-state index is 6.37. The molecule has 640 valence electrons. The van der Waals surface area contributed by atoms with E-state index in [2.05, 4.69) is 431 Å². The van der Waals surface area contributed by atoms with Crippen LogP contribution < -0.4 is 28.4 Å². The molecule has 0 aliphatic heterocycles. The van der Waals surface area contributed by atoms with Gasteiger partial charge in [-0.25, -0.2) is 0 Å². The SMILES string of the molecule is C/C=C/c1ccc(-c2ccc(C(C)C)cc2)cc1Oc1ccc(C(C)(C)C)cc1.C/C=C/c1ccc(-c2ccc(OC(CC)CC)cc2)cc1Oc1ccc(C(C)(C)C)cc1.CCCc1ccc(-c2ccc(C(C)C)cc2)cc1Oc1ccc(C(C)(C)C)cc1.CCCc1ccc(-c2ccc(OC(CC)CC)cc2)cc1Oc1ccc(C(C)(C)C)cc1. The van der Waals surface area contributed by atoms with Crippen LogP contribution in [-0.4, -0.2) is 12.2 Å². The van der Waals surface area contributed by atoms with Crippen LogP contribution in [0.15, 0.2) is 279 Å². The molecule has 6 heteroatoms. The van der Waals surface area contributed by atoms with Gasteiger partial charge in [-0.1, -0.05) is 359 Å². The first-order chi connectivity index (χ1) is 58.2. The fraction of sp³-hybridized carbons (Fsp3) is 0.345. The average molecular weight is 1630 g/mol. The molecule has 12 aromatic rings. The van der Waals surface area contributed by atoms with Gasteiger partial charge in [0.05, 0.1) is 12.2 Å². The van der Waals surface area contributed by atoms with Crippen molar-refractivity contribution in [2.24, 2.45) is 0 Å². The molecule has 0 N–H and O–H groups in total.